The zero-order valence-corrected chi connectivity index (χ0v) is 13.4. The minimum absolute atomic E-state index is 0.151. The summed E-state index contributed by atoms with van der Waals surface area (Å²) in [5, 5.41) is 6.58. The van der Waals surface area contributed by atoms with Gasteiger partial charge in [-0.05, 0) is 51.0 Å². The number of halogens is 1. The Kier molecular flexibility index (Phi) is 4.23. The molecule has 1 heterocycles. The van der Waals surface area contributed by atoms with Crippen LogP contribution in [0.15, 0.2) is 21.1 Å². The first-order valence-corrected chi connectivity index (χ1v) is 7.05. The van der Waals surface area contributed by atoms with Gasteiger partial charge in [0, 0.05) is 10.0 Å². The van der Waals surface area contributed by atoms with Crippen LogP contribution in [0.2, 0.25) is 0 Å². The summed E-state index contributed by atoms with van der Waals surface area (Å²) in [6.45, 7) is 7.40. The van der Waals surface area contributed by atoms with Crippen molar-refractivity contribution in [3.8, 4) is 0 Å². The molecule has 2 aromatic rings. The van der Waals surface area contributed by atoms with Crippen molar-refractivity contribution >= 4 is 21.8 Å². The number of carbonyl (C=O) groups is 1. The number of rotatable bonds is 3. The lowest BCUT2D eigenvalue weighted by atomic mass is 10.0. The molecule has 1 aromatic heterocycles. The molecule has 1 aromatic carbocycles. The third-order valence-electron chi connectivity index (χ3n) is 3.01. The van der Waals surface area contributed by atoms with Gasteiger partial charge in [0.15, 0.2) is 5.82 Å². The maximum absolute atomic E-state index is 12.3. The lowest BCUT2D eigenvalue weighted by Gasteiger charge is -2.12. The number of hydrogen-bond donors (Lipinski definition) is 1. The van der Waals surface area contributed by atoms with Gasteiger partial charge < -0.3 is 9.84 Å². The van der Waals surface area contributed by atoms with Crippen molar-refractivity contribution < 1.29 is 9.32 Å². The fraction of sp³-hybridized carbons (Fsp3) is 0.357. The van der Waals surface area contributed by atoms with E-state index in [1.807, 2.05) is 32.9 Å². The summed E-state index contributed by atoms with van der Waals surface area (Å²) in [6.07, 6.45) is 0. The highest BCUT2D eigenvalue weighted by Gasteiger charge is 2.18. The molecule has 5 nitrogen and oxygen atoms in total. The number of benzene rings is 1. The lowest BCUT2D eigenvalue weighted by Crippen LogP contribution is -2.27. The summed E-state index contributed by atoms with van der Waals surface area (Å²) in [6, 6.07) is 3.47. The van der Waals surface area contributed by atoms with E-state index in [1.54, 1.807) is 6.92 Å². The van der Waals surface area contributed by atoms with E-state index in [2.05, 4.69) is 31.4 Å². The molecule has 0 aliphatic carbocycles. The van der Waals surface area contributed by atoms with Crippen LogP contribution >= 0.6 is 15.9 Å². The number of nitrogens with zero attached hydrogens (tertiary/aromatic N) is 2. The Hall–Kier alpha value is -1.69. The van der Waals surface area contributed by atoms with E-state index in [9.17, 15) is 4.79 Å². The van der Waals surface area contributed by atoms with Crippen molar-refractivity contribution in [1.29, 1.82) is 0 Å². The third kappa shape index (κ3) is 3.07. The Labute approximate surface area is 125 Å². The molecule has 1 amide bonds. The maximum Gasteiger partial charge on any atom is 0.252 e. The van der Waals surface area contributed by atoms with Gasteiger partial charge in [0.25, 0.3) is 5.91 Å². The number of aryl methyl sites for hydroxylation is 3. The van der Waals surface area contributed by atoms with Crippen molar-refractivity contribution in [2.45, 2.75) is 33.7 Å². The second-order valence-corrected chi connectivity index (χ2v) is 5.65. The molecule has 1 unspecified atom stereocenters. The van der Waals surface area contributed by atoms with Crippen LogP contribution in [-0.2, 0) is 0 Å². The van der Waals surface area contributed by atoms with Gasteiger partial charge in [0.1, 0.15) is 6.04 Å². The molecule has 2 rings (SSSR count). The van der Waals surface area contributed by atoms with Crippen molar-refractivity contribution in [1.82, 2.24) is 15.5 Å². The van der Waals surface area contributed by atoms with E-state index >= 15 is 0 Å². The predicted octanol–water partition coefficient (Wildman–Crippen LogP) is 3.25. The number of hydrogen-bond acceptors (Lipinski definition) is 4. The van der Waals surface area contributed by atoms with Gasteiger partial charge in [-0.1, -0.05) is 21.1 Å². The largest absolute Gasteiger partial charge is 0.341 e. The zero-order valence-electron chi connectivity index (χ0n) is 11.8. The van der Waals surface area contributed by atoms with Crippen molar-refractivity contribution in [3.05, 3.63) is 45.0 Å². The van der Waals surface area contributed by atoms with Gasteiger partial charge in [-0.2, -0.15) is 4.98 Å². The van der Waals surface area contributed by atoms with E-state index in [0.29, 0.717) is 17.3 Å². The summed E-state index contributed by atoms with van der Waals surface area (Å²) in [5.41, 5.74) is 2.57. The standard InChI is InChI=1S/C14H16BrN3O2/c1-7-6-12(15)8(2)5-11(7)13(19)16-9(3)14-17-10(4)18-20-14/h5-6,9H,1-4H3,(H,16,19). The summed E-state index contributed by atoms with van der Waals surface area (Å²) < 4.78 is 6.05. The highest BCUT2D eigenvalue weighted by molar-refractivity contribution is 9.10. The monoisotopic (exact) mass is 337 g/mol. The first-order chi connectivity index (χ1) is 9.38. The molecule has 0 saturated heterocycles. The Balaban J connectivity index is 2.18. The van der Waals surface area contributed by atoms with E-state index < -0.39 is 0 Å². The van der Waals surface area contributed by atoms with Crippen LogP contribution in [-0.4, -0.2) is 16.0 Å². The van der Waals surface area contributed by atoms with Gasteiger partial charge in [0.05, 0.1) is 0 Å². The van der Waals surface area contributed by atoms with Gasteiger partial charge in [-0.15, -0.1) is 0 Å². The maximum atomic E-state index is 12.3. The molecule has 0 radical (unpaired) electrons. The quantitative estimate of drug-likeness (QED) is 0.933. The molecule has 0 spiro atoms. The van der Waals surface area contributed by atoms with Crippen LogP contribution < -0.4 is 5.32 Å². The predicted molar refractivity (Wildman–Crippen MR) is 78.5 cm³/mol. The van der Waals surface area contributed by atoms with Gasteiger partial charge in [0.2, 0.25) is 5.89 Å². The highest BCUT2D eigenvalue weighted by Crippen LogP contribution is 2.21. The smallest absolute Gasteiger partial charge is 0.252 e. The Morgan fingerprint density at radius 1 is 1.30 bits per heavy atom. The minimum atomic E-state index is -0.327. The summed E-state index contributed by atoms with van der Waals surface area (Å²) in [7, 11) is 0. The SMILES string of the molecule is Cc1noc(C(C)NC(=O)c2cc(C)c(Br)cc2C)n1. The molecule has 0 fully saturated rings. The van der Waals surface area contributed by atoms with E-state index in [0.717, 1.165) is 15.6 Å². The Morgan fingerprint density at radius 2 is 2.00 bits per heavy atom. The molecule has 106 valence electrons. The average molecular weight is 338 g/mol. The Bertz CT molecular complexity index is 652. The lowest BCUT2D eigenvalue weighted by molar-refractivity contribution is 0.0932. The molecule has 0 bridgehead atoms. The fourth-order valence-electron chi connectivity index (χ4n) is 1.85. The summed E-state index contributed by atoms with van der Waals surface area (Å²) in [4.78, 5) is 16.4. The molecule has 1 N–H and O–H groups in total. The topological polar surface area (TPSA) is 68.0 Å². The van der Waals surface area contributed by atoms with Crippen LogP contribution in [0.5, 0.6) is 0 Å². The van der Waals surface area contributed by atoms with E-state index in [-0.39, 0.29) is 11.9 Å². The second-order valence-electron chi connectivity index (χ2n) is 4.79. The molecular formula is C14H16BrN3O2. The number of aromatic nitrogens is 2. The molecular weight excluding hydrogens is 322 g/mol. The number of carbonyl (C=O) groups excluding carboxylic acids is 1. The van der Waals surface area contributed by atoms with Gasteiger partial charge in [-0.25, -0.2) is 0 Å². The molecule has 1 atom stereocenters. The van der Waals surface area contributed by atoms with Crippen molar-refractivity contribution in [2.75, 3.05) is 0 Å². The molecule has 6 heteroatoms. The number of amides is 1. The van der Waals surface area contributed by atoms with Gasteiger partial charge in [-0.3, -0.25) is 4.79 Å². The summed E-state index contributed by atoms with van der Waals surface area (Å²) >= 11 is 3.45. The molecule has 0 aliphatic rings. The zero-order chi connectivity index (χ0) is 14.9. The fourth-order valence-corrected chi connectivity index (χ4v) is 2.31. The highest BCUT2D eigenvalue weighted by atomic mass is 79.9. The molecule has 0 aliphatic heterocycles. The normalized spacial score (nSPS) is 12.2. The van der Waals surface area contributed by atoms with Gasteiger partial charge >= 0.3 is 0 Å². The minimum Gasteiger partial charge on any atom is -0.341 e. The number of nitrogens with one attached hydrogen (secondary N) is 1. The Morgan fingerprint density at radius 3 is 2.60 bits per heavy atom. The average Bonchev–Trinajstić information content (AvgIpc) is 2.80. The first-order valence-electron chi connectivity index (χ1n) is 6.26. The first kappa shape index (κ1) is 14.7. The van der Waals surface area contributed by atoms with Crippen molar-refractivity contribution in [2.24, 2.45) is 0 Å². The van der Waals surface area contributed by atoms with Crippen LogP contribution in [0.1, 0.15) is 46.2 Å². The van der Waals surface area contributed by atoms with E-state index in [1.165, 1.54) is 0 Å². The molecule has 20 heavy (non-hydrogen) atoms. The van der Waals surface area contributed by atoms with Crippen LogP contribution in [0.4, 0.5) is 0 Å². The van der Waals surface area contributed by atoms with E-state index in [4.69, 9.17) is 4.52 Å². The molecule has 0 saturated carbocycles. The van der Waals surface area contributed by atoms with Crippen LogP contribution in [0.25, 0.3) is 0 Å². The van der Waals surface area contributed by atoms with Crippen LogP contribution in [0, 0.1) is 20.8 Å². The summed E-state index contributed by atoms with van der Waals surface area (Å²) in [5.74, 6) is 0.806. The third-order valence-corrected chi connectivity index (χ3v) is 3.87. The second kappa shape index (κ2) is 5.75. The van der Waals surface area contributed by atoms with Crippen molar-refractivity contribution in [3.63, 3.8) is 0 Å². The van der Waals surface area contributed by atoms with Crippen LogP contribution in [0.3, 0.4) is 0 Å².